The van der Waals surface area contributed by atoms with Crippen LogP contribution in [0.5, 0.6) is 0 Å². The van der Waals surface area contributed by atoms with E-state index in [1.807, 2.05) is 12.1 Å². The Hall–Kier alpha value is -0.980. The Bertz CT molecular complexity index is 220. The zero-order valence-corrected chi connectivity index (χ0v) is 9.62. The quantitative estimate of drug-likeness (QED) is 0.503. The van der Waals surface area contributed by atoms with Crippen molar-refractivity contribution in [3.05, 3.63) is 0 Å². The predicted molar refractivity (Wildman–Crippen MR) is 58.0 cm³/mol. The lowest BCUT2D eigenvalue weighted by Crippen LogP contribution is -2.44. The van der Waals surface area contributed by atoms with Gasteiger partial charge in [0.1, 0.15) is 5.78 Å². The number of ketones is 1. The van der Waals surface area contributed by atoms with Crippen molar-refractivity contribution >= 4 is 11.7 Å². The first kappa shape index (κ1) is 14.0. The minimum absolute atomic E-state index is 0.0380. The van der Waals surface area contributed by atoms with E-state index in [-0.39, 0.29) is 24.8 Å². The number of likely N-dealkylation sites (N-methyl/N-ethyl adjacent to an activating group) is 1. The van der Waals surface area contributed by atoms with Crippen molar-refractivity contribution in [2.24, 2.45) is 5.73 Å². The number of carbonyl (C=O) groups is 2. The summed E-state index contributed by atoms with van der Waals surface area (Å²) in [5.74, 6) is -0.237. The summed E-state index contributed by atoms with van der Waals surface area (Å²) in [5.41, 5.74) is 8.17. The molecule has 88 valence electrons. The summed E-state index contributed by atoms with van der Waals surface area (Å²) in [6.45, 7) is 2.67. The number of nitrogens with one attached hydrogen (secondary N) is 1. The number of Topliss-reactive ketones (excluding diaryl/α,β-unsaturated/α-hetero) is 1. The molecule has 6 nitrogen and oxygen atoms in total. The molecular formula is C9H20N4O2. The number of amides is 1. The molecule has 0 heterocycles. The normalized spacial score (nSPS) is 10.5. The number of hydrogen-bond acceptors (Lipinski definition) is 5. The van der Waals surface area contributed by atoms with E-state index >= 15 is 0 Å². The molecule has 0 aliphatic heterocycles. The van der Waals surface area contributed by atoms with Gasteiger partial charge in [0.05, 0.1) is 13.1 Å². The van der Waals surface area contributed by atoms with Crippen molar-refractivity contribution in [1.82, 2.24) is 15.3 Å². The second-order valence-corrected chi connectivity index (χ2v) is 3.37. The zero-order valence-electron chi connectivity index (χ0n) is 9.62. The van der Waals surface area contributed by atoms with Crippen LogP contribution in [0, 0.1) is 0 Å². The molecule has 0 aromatic heterocycles. The summed E-state index contributed by atoms with van der Waals surface area (Å²) in [6.07, 6.45) is 0. The highest BCUT2D eigenvalue weighted by Gasteiger charge is 2.13. The van der Waals surface area contributed by atoms with Crippen LogP contribution in [0.25, 0.3) is 0 Å². The van der Waals surface area contributed by atoms with Gasteiger partial charge in [-0.3, -0.25) is 15.0 Å². The van der Waals surface area contributed by atoms with E-state index in [2.05, 4.69) is 5.43 Å². The Morgan fingerprint density at radius 1 is 1.33 bits per heavy atom. The largest absolute Gasteiger partial charge is 0.333 e. The number of rotatable bonds is 7. The average Bonchev–Trinajstić information content (AvgIpc) is 2.21. The van der Waals surface area contributed by atoms with E-state index in [1.165, 1.54) is 11.8 Å². The molecule has 0 atom stereocenters. The molecule has 0 aliphatic rings. The van der Waals surface area contributed by atoms with Crippen LogP contribution in [0.3, 0.4) is 0 Å². The molecule has 0 saturated carbocycles. The van der Waals surface area contributed by atoms with Crippen LogP contribution in [0.2, 0.25) is 0 Å². The van der Waals surface area contributed by atoms with Gasteiger partial charge in [-0.1, -0.05) is 0 Å². The molecule has 0 fully saturated rings. The van der Waals surface area contributed by atoms with Crippen LogP contribution in [-0.2, 0) is 9.59 Å². The molecule has 15 heavy (non-hydrogen) atoms. The van der Waals surface area contributed by atoms with Crippen molar-refractivity contribution in [3.8, 4) is 0 Å². The van der Waals surface area contributed by atoms with Gasteiger partial charge in [0.25, 0.3) is 0 Å². The Morgan fingerprint density at radius 2 is 1.93 bits per heavy atom. The van der Waals surface area contributed by atoms with Crippen LogP contribution in [0.1, 0.15) is 6.92 Å². The van der Waals surface area contributed by atoms with E-state index < -0.39 is 0 Å². The Morgan fingerprint density at radius 3 is 2.33 bits per heavy atom. The van der Waals surface area contributed by atoms with E-state index in [1.54, 1.807) is 7.05 Å². The van der Waals surface area contributed by atoms with Gasteiger partial charge in [0.15, 0.2) is 0 Å². The van der Waals surface area contributed by atoms with Crippen molar-refractivity contribution in [3.63, 3.8) is 0 Å². The van der Waals surface area contributed by atoms with Crippen molar-refractivity contribution in [2.75, 3.05) is 40.3 Å². The van der Waals surface area contributed by atoms with Gasteiger partial charge in [0, 0.05) is 20.1 Å². The summed E-state index contributed by atoms with van der Waals surface area (Å²) in [4.78, 5) is 23.8. The molecule has 0 spiro atoms. The maximum Gasteiger partial charge on any atom is 0.236 e. The minimum Gasteiger partial charge on any atom is -0.333 e. The van der Waals surface area contributed by atoms with Gasteiger partial charge < -0.3 is 10.6 Å². The molecule has 0 aromatic rings. The lowest BCUT2D eigenvalue weighted by molar-refractivity contribution is -0.133. The van der Waals surface area contributed by atoms with Crippen LogP contribution >= 0.6 is 0 Å². The Kier molecular flexibility index (Phi) is 6.85. The summed E-state index contributed by atoms with van der Waals surface area (Å²) >= 11 is 0. The van der Waals surface area contributed by atoms with Crippen LogP contribution in [-0.4, -0.2) is 61.9 Å². The maximum absolute atomic E-state index is 11.4. The second kappa shape index (κ2) is 7.33. The van der Waals surface area contributed by atoms with Gasteiger partial charge in [-0.15, -0.1) is 0 Å². The van der Waals surface area contributed by atoms with E-state index in [0.29, 0.717) is 13.1 Å². The molecule has 3 N–H and O–H groups in total. The van der Waals surface area contributed by atoms with Crippen LogP contribution in [0.4, 0.5) is 0 Å². The Balaban J connectivity index is 4.12. The predicted octanol–water partition coefficient (Wildman–Crippen LogP) is -1.57. The van der Waals surface area contributed by atoms with Gasteiger partial charge in [-0.25, -0.2) is 5.01 Å². The van der Waals surface area contributed by atoms with Crippen LogP contribution in [0.15, 0.2) is 0 Å². The van der Waals surface area contributed by atoms with Crippen molar-refractivity contribution in [2.45, 2.75) is 6.92 Å². The first-order chi connectivity index (χ1) is 7.01. The number of hydrogen-bond donors (Lipinski definition) is 2. The minimum atomic E-state index is -0.199. The molecule has 0 radical (unpaired) electrons. The molecule has 0 bridgehead atoms. The van der Waals surface area contributed by atoms with Gasteiger partial charge in [-0.2, -0.15) is 0 Å². The lowest BCUT2D eigenvalue weighted by Gasteiger charge is -2.23. The van der Waals surface area contributed by atoms with Crippen molar-refractivity contribution < 1.29 is 9.59 Å². The van der Waals surface area contributed by atoms with Gasteiger partial charge >= 0.3 is 0 Å². The van der Waals surface area contributed by atoms with E-state index in [4.69, 9.17) is 5.73 Å². The maximum atomic E-state index is 11.4. The van der Waals surface area contributed by atoms with Gasteiger partial charge in [-0.05, 0) is 14.0 Å². The number of hydrazine groups is 1. The van der Waals surface area contributed by atoms with E-state index in [0.717, 1.165) is 0 Å². The topological polar surface area (TPSA) is 78.7 Å². The fraction of sp³-hybridized carbons (Fsp3) is 0.778. The molecule has 6 heteroatoms. The summed E-state index contributed by atoms with van der Waals surface area (Å²) < 4.78 is 0. The number of nitrogens with two attached hydrogens (primary N) is 1. The van der Waals surface area contributed by atoms with Gasteiger partial charge in [0.2, 0.25) is 5.91 Å². The first-order valence-corrected chi connectivity index (χ1v) is 4.87. The van der Waals surface area contributed by atoms with E-state index in [9.17, 15) is 9.59 Å². The third kappa shape index (κ3) is 6.16. The SMILES string of the molecule is CNN(C)CCN(CC(C)=O)C(=O)CN. The molecule has 0 rings (SSSR count). The standard InChI is InChI=1S/C9H20N4O2/c1-8(14)7-13(9(15)6-10)5-4-12(3)11-2/h11H,4-7,10H2,1-3H3. The molecule has 1 amide bonds. The summed E-state index contributed by atoms with van der Waals surface area (Å²) in [6, 6.07) is 0. The monoisotopic (exact) mass is 216 g/mol. The van der Waals surface area contributed by atoms with Crippen LogP contribution < -0.4 is 11.2 Å². The highest BCUT2D eigenvalue weighted by atomic mass is 16.2. The third-order valence-corrected chi connectivity index (χ3v) is 2.03. The fourth-order valence-electron chi connectivity index (χ4n) is 1.07. The smallest absolute Gasteiger partial charge is 0.236 e. The number of nitrogens with zero attached hydrogens (tertiary/aromatic N) is 2. The summed E-state index contributed by atoms with van der Waals surface area (Å²) in [5, 5.41) is 1.83. The lowest BCUT2D eigenvalue weighted by atomic mass is 10.3. The molecule has 0 unspecified atom stereocenters. The average molecular weight is 216 g/mol. The highest BCUT2D eigenvalue weighted by Crippen LogP contribution is 1.90. The number of carbonyl (C=O) groups excluding carboxylic acids is 2. The summed E-state index contributed by atoms with van der Waals surface area (Å²) in [7, 11) is 3.65. The fourth-order valence-corrected chi connectivity index (χ4v) is 1.07. The molecule has 0 aromatic carbocycles. The third-order valence-electron chi connectivity index (χ3n) is 2.03. The first-order valence-electron chi connectivity index (χ1n) is 4.87. The van der Waals surface area contributed by atoms with Crippen molar-refractivity contribution in [1.29, 1.82) is 0 Å². The molecule has 0 saturated heterocycles. The molecule has 0 aliphatic carbocycles. The Labute approximate surface area is 90.4 Å². The highest BCUT2D eigenvalue weighted by molar-refractivity contribution is 5.85. The molecular weight excluding hydrogens is 196 g/mol. The zero-order chi connectivity index (χ0) is 11.8. The second-order valence-electron chi connectivity index (χ2n) is 3.37.